The number of carbonyl (C=O) groups excluding carboxylic acids is 1. The molecule has 0 fully saturated rings. The summed E-state index contributed by atoms with van der Waals surface area (Å²) in [4.78, 5) is 16.1. The number of aromatic nitrogens is 1. The predicted molar refractivity (Wildman–Crippen MR) is 82.0 cm³/mol. The van der Waals surface area contributed by atoms with Crippen molar-refractivity contribution in [2.75, 3.05) is 17.2 Å². The average Bonchev–Trinajstić information content (AvgIpc) is 2.49. The highest BCUT2D eigenvalue weighted by molar-refractivity contribution is 6.04. The second-order valence-corrected chi connectivity index (χ2v) is 4.65. The topological polar surface area (TPSA) is 54.0 Å². The van der Waals surface area contributed by atoms with Crippen molar-refractivity contribution in [3.63, 3.8) is 0 Å². The van der Waals surface area contributed by atoms with Crippen LogP contribution in [0.4, 0.5) is 15.9 Å². The van der Waals surface area contributed by atoms with Crippen LogP contribution in [-0.4, -0.2) is 17.4 Å². The molecule has 5 heteroatoms. The van der Waals surface area contributed by atoms with E-state index in [0.29, 0.717) is 5.69 Å². The molecule has 0 atom stereocenters. The van der Waals surface area contributed by atoms with Gasteiger partial charge < -0.3 is 10.6 Å². The van der Waals surface area contributed by atoms with Crippen LogP contribution < -0.4 is 10.6 Å². The van der Waals surface area contributed by atoms with E-state index >= 15 is 0 Å². The Hall–Kier alpha value is -2.43. The summed E-state index contributed by atoms with van der Waals surface area (Å²) in [7, 11) is 0. The summed E-state index contributed by atoms with van der Waals surface area (Å²) in [5.41, 5.74) is 0.548. The molecule has 1 amide bonds. The first-order valence-electron chi connectivity index (χ1n) is 6.96. The second-order valence-electron chi connectivity index (χ2n) is 4.65. The predicted octanol–water partition coefficient (Wildman–Crippen LogP) is 3.69. The Morgan fingerprint density at radius 2 is 2.05 bits per heavy atom. The lowest BCUT2D eigenvalue weighted by atomic mass is 10.2. The van der Waals surface area contributed by atoms with Gasteiger partial charge in [0, 0.05) is 6.54 Å². The molecule has 0 aliphatic rings. The number of carbonyl (C=O) groups is 1. The lowest BCUT2D eigenvalue weighted by Gasteiger charge is -2.08. The molecule has 0 radical (unpaired) electrons. The van der Waals surface area contributed by atoms with Crippen molar-refractivity contribution in [3.8, 4) is 0 Å². The minimum Gasteiger partial charge on any atom is -0.370 e. The normalized spacial score (nSPS) is 10.2. The molecule has 0 aliphatic heterocycles. The summed E-state index contributed by atoms with van der Waals surface area (Å²) in [6.07, 6.45) is 3.74. The summed E-state index contributed by atoms with van der Waals surface area (Å²) in [5, 5.41) is 5.81. The average molecular weight is 287 g/mol. The third-order valence-electron chi connectivity index (χ3n) is 2.98. The van der Waals surface area contributed by atoms with E-state index in [9.17, 15) is 9.18 Å². The van der Waals surface area contributed by atoms with Gasteiger partial charge >= 0.3 is 0 Å². The highest BCUT2D eigenvalue weighted by Gasteiger charge is 2.10. The molecular formula is C16H18FN3O. The number of hydrogen-bond donors (Lipinski definition) is 2. The van der Waals surface area contributed by atoms with Crippen LogP contribution in [0.15, 0.2) is 42.6 Å². The van der Waals surface area contributed by atoms with Crippen molar-refractivity contribution in [1.29, 1.82) is 0 Å². The maximum Gasteiger partial charge on any atom is 0.258 e. The highest BCUT2D eigenvalue weighted by atomic mass is 19.1. The summed E-state index contributed by atoms with van der Waals surface area (Å²) in [6, 6.07) is 9.39. The quantitative estimate of drug-likeness (QED) is 0.797. The largest absolute Gasteiger partial charge is 0.370 e. The molecule has 2 rings (SSSR count). The maximum atomic E-state index is 13.5. The first-order valence-corrected chi connectivity index (χ1v) is 6.96. The van der Waals surface area contributed by atoms with Crippen LogP contribution in [0.2, 0.25) is 0 Å². The molecule has 4 nitrogen and oxygen atoms in total. The maximum absolute atomic E-state index is 13.5. The van der Waals surface area contributed by atoms with Crippen molar-refractivity contribution in [1.82, 2.24) is 4.98 Å². The fraction of sp³-hybridized carbons (Fsp3) is 0.250. The van der Waals surface area contributed by atoms with Gasteiger partial charge in [0.15, 0.2) is 0 Å². The molecule has 0 spiro atoms. The first kappa shape index (κ1) is 15.0. The molecule has 2 aromatic rings. The number of pyridine rings is 1. The van der Waals surface area contributed by atoms with Gasteiger partial charge in [-0.1, -0.05) is 25.5 Å². The van der Waals surface area contributed by atoms with Gasteiger partial charge in [-0.3, -0.25) is 4.79 Å². The first-order chi connectivity index (χ1) is 10.2. The van der Waals surface area contributed by atoms with Crippen LogP contribution >= 0.6 is 0 Å². The Balaban J connectivity index is 1.97. The van der Waals surface area contributed by atoms with E-state index in [0.717, 1.165) is 25.2 Å². The van der Waals surface area contributed by atoms with Crippen molar-refractivity contribution in [2.24, 2.45) is 0 Å². The Morgan fingerprint density at radius 3 is 2.71 bits per heavy atom. The Kier molecular flexibility index (Phi) is 5.26. The zero-order valence-electron chi connectivity index (χ0n) is 11.9. The van der Waals surface area contributed by atoms with Crippen LogP contribution in [0.1, 0.15) is 30.1 Å². The van der Waals surface area contributed by atoms with Crippen LogP contribution in [-0.2, 0) is 0 Å². The number of nitrogens with one attached hydrogen (secondary N) is 2. The number of benzene rings is 1. The Morgan fingerprint density at radius 1 is 1.24 bits per heavy atom. The summed E-state index contributed by atoms with van der Waals surface area (Å²) in [6.45, 7) is 2.99. The van der Waals surface area contributed by atoms with Crippen LogP contribution in [0.5, 0.6) is 0 Å². The monoisotopic (exact) mass is 287 g/mol. The lowest BCUT2D eigenvalue weighted by molar-refractivity contribution is 0.102. The standard InChI is InChI=1S/C16H18FN3O/c1-2-3-10-18-15-9-8-12(11-19-15)20-16(21)13-6-4-5-7-14(13)17/h4-9,11H,2-3,10H2,1H3,(H,18,19)(H,20,21). The van der Waals surface area contributed by atoms with E-state index in [-0.39, 0.29) is 5.56 Å². The van der Waals surface area contributed by atoms with E-state index < -0.39 is 11.7 Å². The zero-order chi connectivity index (χ0) is 15.1. The number of unbranched alkanes of at least 4 members (excludes halogenated alkanes) is 1. The van der Waals surface area contributed by atoms with Gasteiger partial charge in [-0.2, -0.15) is 0 Å². The van der Waals surface area contributed by atoms with Gasteiger partial charge in [0.2, 0.25) is 0 Å². The van der Waals surface area contributed by atoms with Gasteiger partial charge in [0.1, 0.15) is 11.6 Å². The number of amides is 1. The van der Waals surface area contributed by atoms with Gasteiger partial charge in [-0.25, -0.2) is 9.37 Å². The van der Waals surface area contributed by atoms with E-state index in [1.165, 1.54) is 12.1 Å². The molecule has 21 heavy (non-hydrogen) atoms. The smallest absolute Gasteiger partial charge is 0.258 e. The molecule has 0 saturated heterocycles. The minimum absolute atomic E-state index is 0.0163. The Labute approximate surface area is 123 Å². The molecule has 2 N–H and O–H groups in total. The molecule has 0 bridgehead atoms. The van der Waals surface area contributed by atoms with E-state index in [1.807, 2.05) is 0 Å². The number of anilines is 2. The molecule has 110 valence electrons. The molecule has 1 aromatic heterocycles. The minimum atomic E-state index is -0.541. The summed E-state index contributed by atoms with van der Waals surface area (Å²) < 4.78 is 13.5. The fourth-order valence-electron chi connectivity index (χ4n) is 1.81. The lowest BCUT2D eigenvalue weighted by Crippen LogP contribution is -2.14. The molecular weight excluding hydrogens is 269 g/mol. The SMILES string of the molecule is CCCCNc1ccc(NC(=O)c2ccccc2F)cn1. The third kappa shape index (κ3) is 4.27. The molecule has 0 aliphatic carbocycles. The molecule has 1 aromatic carbocycles. The number of hydrogen-bond acceptors (Lipinski definition) is 3. The van der Waals surface area contributed by atoms with E-state index in [2.05, 4.69) is 22.5 Å². The summed E-state index contributed by atoms with van der Waals surface area (Å²) in [5.74, 6) is -0.269. The van der Waals surface area contributed by atoms with Crippen LogP contribution in [0.25, 0.3) is 0 Å². The zero-order valence-corrected chi connectivity index (χ0v) is 11.9. The van der Waals surface area contributed by atoms with Crippen LogP contribution in [0.3, 0.4) is 0 Å². The van der Waals surface area contributed by atoms with E-state index in [1.54, 1.807) is 30.5 Å². The second kappa shape index (κ2) is 7.38. The summed E-state index contributed by atoms with van der Waals surface area (Å²) >= 11 is 0. The number of rotatable bonds is 6. The number of halogens is 1. The molecule has 1 heterocycles. The van der Waals surface area contributed by atoms with Gasteiger partial charge in [-0.05, 0) is 30.7 Å². The van der Waals surface area contributed by atoms with Gasteiger partial charge in [0.05, 0.1) is 17.4 Å². The fourth-order valence-corrected chi connectivity index (χ4v) is 1.81. The van der Waals surface area contributed by atoms with Crippen molar-refractivity contribution in [3.05, 3.63) is 54.0 Å². The van der Waals surface area contributed by atoms with Crippen molar-refractivity contribution < 1.29 is 9.18 Å². The highest BCUT2D eigenvalue weighted by Crippen LogP contribution is 2.13. The van der Waals surface area contributed by atoms with E-state index in [4.69, 9.17) is 0 Å². The van der Waals surface area contributed by atoms with Gasteiger partial charge in [0.25, 0.3) is 5.91 Å². The van der Waals surface area contributed by atoms with Crippen molar-refractivity contribution in [2.45, 2.75) is 19.8 Å². The van der Waals surface area contributed by atoms with Crippen molar-refractivity contribution >= 4 is 17.4 Å². The van der Waals surface area contributed by atoms with Crippen LogP contribution in [0, 0.1) is 5.82 Å². The Bertz CT molecular complexity index is 599. The molecule has 0 unspecified atom stereocenters. The third-order valence-corrected chi connectivity index (χ3v) is 2.98. The number of nitrogens with zero attached hydrogens (tertiary/aromatic N) is 1. The molecule has 0 saturated carbocycles. The van der Waals surface area contributed by atoms with Gasteiger partial charge in [-0.15, -0.1) is 0 Å².